The third-order valence-electron chi connectivity index (χ3n) is 4.34. The molecule has 2 aliphatic rings. The van der Waals surface area contributed by atoms with Crippen molar-refractivity contribution in [3.63, 3.8) is 0 Å². The predicted octanol–water partition coefficient (Wildman–Crippen LogP) is 4.58. The normalized spacial score (nSPS) is 19.7. The Morgan fingerprint density at radius 3 is 3.05 bits per heavy atom. The molecule has 1 fully saturated rings. The Morgan fingerprint density at radius 1 is 1.23 bits per heavy atom. The van der Waals surface area contributed by atoms with Gasteiger partial charge in [0.2, 0.25) is 0 Å². The van der Waals surface area contributed by atoms with Gasteiger partial charge in [-0.05, 0) is 67.1 Å². The second-order valence-corrected chi connectivity index (χ2v) is 6.68. The maximum Gasteiger partial charge on any atom is 0.128 e. The number of hydrogen-bond acceptors (Lipinski definition) is 4. The molecule has 2 aromatic rings. The Labute approximate surface area is 135 Å². The molecule has 3 nitrogen and oxygen atoms in total. The van der Waals surface area contributed by atoms with Gasteiger partial charge >= 0.3 is 0 Å². The number of fused-ring (bicyclic) bond motifs is 3. The molecular formula is C18H20N2OS. The van der Waals surface area contributed by atoms with Gasteiger partial charge in [0.1, 0.15) is 11.5 Å². The Kier molecular flexibility index (Phi) is 3.72. The van der Waals surface area contributed by atoms with E-state index in [0.717, 1.165) is 24.5 Å². The van der Waals surface area contributed by atoms with E-state index in [2.05, 4.69) is 52.9 Å². The molecule has 2 aliphatic heterocycles. The molecular weight excluding hydrogens is 292 g/mol. The maximum absolute atomic E-state index is 6.04. The second-order valence-electron chi connectivity index (χ2n) is 5.80. The Balaban J connectivity index is 1.59. The quantitative estimate of drug-likeness (QED) is 0.839. The number of ether oxygens (including phenoxy) is 1. The molecule has 1 unspecified atom stereocenters. The van der Waals surface area contributed by atoms with Gasteiger partial charge in [-0.25, -0.2) is 4.72 Å². The van der Waals surface area contributed by atoms with Gasteiger partial charge in [0.15, 0.2) is 0 Å². The summed E-state index contributed by atoms with van der Waals surface area (Å²) in [7, 11) is 0. The zero-order valence-corrected chi connectivity index (χ0v) is 13.5. The zero-order chi connectivity index (χ0) is 14.9. The van der Waals surface area contributed by atoms with Crippen LogP contribution in [0.3, 0.4) is 0 Å². The highest BCUT2D eigenvalue weighted by Gasteiger charge is 2.30. The van der Waals surface area contributed by atoms with Crippen molar-refractivity contribution in [2.75, 3.05) is 11.4 Å². The molecule has 22 heavy (non-hydrogen) atoms. The standard InChI is InChI=1S/C18H20N2OS/c1-2-13-5-3-6-14(11-13)21-15-8-9-16-17(12-15)22-19-18-7-4-10-20(16)18/h3,5-6,8-9,11-12,18-19H,2,4,7,10H2,1H3. The van der Waals surface area contributed by atoms with Crippen LogP contribution in [0.4, 0.5) is 5.69 Å². The highest BCUT2D eigenvalue weighted by atomic mass is 32.2. The van der Waals surface area contributed by atoms with Gasteiger partial charge in [-0.1, -0.05) is 19.1 Å². The van der Waals surface area contributed by atoms with Crippen LogP contribution in [0, 0.1) is 0 Å². The molecule has 4 rings (SSSR count). The van der Waals surface area contributed by atoms with E-state index < -0.39 is 0 Å². The van der Waals surface area contributed by atoms with Crippen LogP contribution in [-0.2, 0) is 6.42 Å². The van der Waals surface area contributed by atoms with Crippen molar-refractivity contribution >= 4 is 17.6 Å². The van der Waals surface area contributed by atoms with E-state index in [9.17, 15) is 0 Å². The van der Waals surface area contributed by atoms with Crippen LogP contribution in [0.15, 0.2) is 47.4 Å². The minimum atomic E-state index is 0.491. The Morgan fingerprint density at radius 2 is 2.14 bits per heavy atom. The molecule has 2 heterocycles. The first-order chi connectivity index (χ1) is 10.8. The fraction of sp³-hybridized carbons (Fsp3) is 0.333. The SMILES string of the molecule is CCc1cccc(Oc2ccc3c(c2)SNC2CCCN32)c1. The lowest BCUT2D eigenvalue weighted by molar-refractivity contribution is 0.480. The van der Waals surface area contributed by atoms with Gasteiger partial charge in [-0.3, -0.25) is 0 Å². The van der Waals surface area contributed by atoms with Gasteiger partial charge < -0.3 is 9.64 Å². The number of rotatable bonds is 3. The van der Waals surface area contributed by atoms with Crippen LogP contribution in [0.5, 0.6) is 11.5 Å². The molecule has 2 aromatic carbocycles. The summed E-state index contributed by atoms with van der Waals surface area (Å²) in [5.74, 6) is 1.81. The van der Waals surface area contributed by atoms with Gasteiger partial charge in [0, 0.05) is 11.4 Å². The molecule has 0 amide bonds. The first-order valence-electron chi connectivity index (χ1n) is 7.93. The van der Waals surface area contributed by atoms with Gasteiger partial charge in [0.25, 0.3) is 0 Å². The van der Waals surface area contributed by atoms with Crippen LogP contribution >= 0.6 is 11.9 Å². The van der Waals surface area contributed by atoms with E-state index in [1.807, 2.05) is 6.07 Å². The number of nitrogens with one attached hydrogen (secondary N) is 1. The minimum Gasteiger partial charge on any atom is -0.457 e. The summed E-state index contributed by atoms with van der Waals surface area (Å²) in [6, 6.07) is 14.7. The molecule has 1 saturated heterocycles. The average Bonchev–Trinajstić information content (AvgIpc) is 3.04. The molecule has 114 valence electrons. The largest absolute Gasteiger partial charge is 0.457 e. The maximum atomic E-state index is 6.04. The van der Waals surface area contributed by atoms with Crippen molar-refractivity contribution in [3.8, 4) is 11.5 Å². The summed E-state index contributed by atoms with van der Waals surface area (Å²) in [6.07, 6.45) is 4.01. The number of nitrogens with zero attached hydrogens (tertiary/aromatic N) is 1. The van der Waals surface area contributed by atoms with Crippen LogP contribution in [0.25, 0.3) is 0 Å². The fourth-order valence-electron chi connectivity index (χ4n) is 3.15. The lowest BCUT2D eigenvalue weighted by atomic mass is 10.2. The number of anilines is 1. The fourth-order valence-corrected chi connectivity index (χ4v) is 4.12. The smallest absolute Gasteiger partial charge is 0.128 e. The summed E-state index contributed by atoms with van der Waals surface area (Å²) in [5, 5.41) is 0. The summed E-state index contributed by atoms with van der Waals surface area (Å²) < 4.78 is 9.57. The topological polar surface area (TPSA) is 24.5 Å². The first-order valence-corrected chi connectivity index (χ1v) is 8.75. The van der Waals surface area contributed by atoms with Crippen molar-refractivity contribution in [1.29, 1.82) is 0 Å². The summed E-state index contributed by atoms with van der Waals surface area (Å²) in [6.45, 7) is 3.30. The molecule has 0 saturated carbocycles. The van der Waals surface area contributed by atoms with Gasteiger partial charge in [-0.2, -0.15) is 0 Å². The van der Waals surface area contributed by atoms with Gasteiger partial charge in [-0.15, -0.1) is 0 Å². The van der Waals surface area contributed by atoms with Crippen LogP contribution < -0.4 is 14.4 Å². The highest BCUT2D eigenvalue weighted by Crippen LogP contribution is 2.40. The van der Waals surface area contributed by atoms with E-state index in [1.165, 1.54) is 29.0 Å². The number of hydrogen-bond donors (Lipinski definition) is 1. The summed E-state index contributed by atoms with van der Waals surface area (Å²) >= 11 is 1.73. The van der Waals surface area contributed by atoms with E-state index >= 15 is 0 Å². The van der Waals surface area contributed by atoms with Gasteiger partial charge in [0.05, 0.1) is 11.9 Å². The Hall–Kier alpha value is -1.65. The second kappa shape index (κ2) is 5.86. The monoisotopic (exact) mass is 312 g/mol. The predicted molar refractivity (Wildman–Crippen MR) is 91.7 cm³/mol. The lowest BCUT2D eigenvalue weighted by Gasteiger charge is -2.33. The third-order valence-corrected chi connectivity index (χ3v) is 5.28. The van der Waals surface area contributed by atoms with Crippen molar-refractivity contribution < 1.29 is 4.74 Å². The van der Waals surface area contributed by atoms with Crippen molar-refractivity contribution in [2.24, 2.45) is 0 Å². The Bertz CT molecular complexity index is 689. The molecule has 1 N–H and O–H groups in total. The van der Waals surface area contributed by atoms with Crippen molar-refractivity contribution in [2.45, 2.75) is 37.2 Å². The summed E-state index contributed by atoms with van der Waals surface area (Å²) in [4.78, 5) is 3.72. The van der Waals surface area contributed by atoms with Crippen LogP contribution in [0.1, 0.15) is 25.3 Å². The minimum absolute atomic E-state index is 0.491. The van der Waals surface area contributed by atoms with E-state index in [0.29, 0.717) is 6.17 Å². The molecule has 0 bridgehead atoms. The van der Waals surface area contributed by atoms with Crippen molar-refractivity contribution in [3.05, 3.63) is 48.0 Å². The van der Waals surface area contributed by atoms with Crippen LogP contribution in [-0.4, -0.2) is 12.7 Å². The number of benzene rings is 2. The molecule has 4 heteroatoms. The average molecular weight is 312 g/mol. The molecule has 0 aliphatic carbocycles. The van der Waals surface area contributed by atoms with Crippen molar-refractivity contribution in [1.82, 2.24) is 4.72 Å². The summed E-state index contributed by atoms with van der Waals surface area (Å²) in [5.41, 5.74) is 2.63. The molecule has 0 spiro atoms. The first kappa shape index (κ1) is 14.0. The number of aryl methyl sites for hydroxylation is 1. The van der Waals surface area contributed by atoms with E-state index in [4.69, 9.17) is 4.74 Å². The molecule has 0 aromatic heterocycles. The molecule has 1 atom stereocenters. The van der Waals surface area contributed by atoms with E-state index in [-0.39, 0.29) is 0 Å². The van der Waals surface area contributed by atoms with Crippen LogP contribution in [0.2, 0.25) is 0 Å². The van der Waals surface area contributed by atoms with E-state index in [1.54, 1.807) is 11.9 Å². The lowest BCUT2D eigenvalue weighted by Crippen LogP contribution is -2.41. The zero-order valence-electron chi connectivity index (χ0n) is 12.7. The molecule has 0 radical (unpaired) electrons. The highest BCUT2D eigenvalue weighted by molar-refractivity contribution is 7.97. The third kappa shape index (κ3) is 2.57.